The van der Waals surface area contributed by atoms with E-state index in [1.54, 1.807) is 23.1 Å². The zero-order chi connectivity index (χ0) is 17.5. The minimum atomic E-state index is -0.191. The van der Waals surface area contributed by atoms with E-state index >= 15 is 0 Å². The van der Waals surface area contributed by atoms with Crippen LogP contribution in [0.3, 0.4) is 0 Å². The summed E-state index contributed by atoms with van der Waals surface area (Å²) in [6.45, 7) is 0. The van der Waals surface area contributed by atoms with Gasteiger partial charge in [-0.15, -0.1) is 23.1 Å². The van der Waals surface area contributed by atoms with Crippen molar-refractivity contribution in [1.82, 2.24) is 5.01 Å². The Morgan fingerprint density at radius 3 is 2.69 bits per heavy atom. The first kappa shape index (κ1) is 16.0. The molecule has 1 aromatic heterocycles. The van der Waals surface area contributed by atoms with Crippen molar-refractivity contribution in [3.8, 4) is 5.75 Å². The van der Waals surface area contributed by atoms with E-state index in [-0.39, 0.29) is 12.3 Å². The molecule has 0 saturated heterocycles. The first-order valence-electron chi connectivity index (χ1n) is 8.63. The van der Waals surface area contributed by atoms with Gasteiger partial charge in [-0.25, -0.2) is 5.01 Å². The van der Waals surface area contributed by atoms with Crippen molar-refractivity contribution in [2.24, 2.45) is 5.10 Å². The van der Waals surface area contributed by atoms with Crippen LogP contribution in [0.25, 0.3) is 0 Å². The first-order chi connectivity index (χ1) is 12.8. The Hall–Kier alpha value is -2.24. The van der Waals surface area contributed by atoms with Gasteiger partial charge in [-0.3, -0.25) is 0 Å². The van der Waals surface area contributed by atoms with Crippen LogP contribution >= 0.6 is 23.1 Å². The molecule has 0 aliphatic carbocycles. The quantitative estimate of drug-likeness (QED) is 0.546. The van der Waals surface area contributed by atoms with E-state index in [1.165, 1.54) is 15.3 Å². The van der Waals surface area contributed by atoms with Gasteiger partial charge in [0.15, 0.2) is 0 Å². The third-order valence-corrected chi connectivity index (χ3v) is 6.57. The largest absolute Gasteiger partial charge is 0.464 e. The molecule has 130 valence electrons. The molecule has 3 nitrogen and oxygen atoms in total. The number of hydrogen-bond acceptors (Lipinski definition) is 5. The van der Waals surface area contributed by atoms with Gasteiger partial charge in [0.1, 0.15) is 5.75 Å². The number of thiophene rings is 1. The summed E-state index contributed by atoms with van der Waals surface area (Å²) in [6.07, 6.45) is 2.82. The summed E-state index contributed by atoms with van der Waals surface area (Å²) < 4.78 is 6.39. The minimum Gasteiger partial charge on any atom is -0.464 e. The SMILES string of the molecule is CSc1ccc(C2Oc3ccccc3C3CC(c4cccs4)=NN32)cc1. The van der Waals surface area contributed by atoms with E-state index < -0.39 is 0 Å². The third-order valence-electron chi connectivity index (χ3n) is 4.91. The van der Waals surface area contributed by atoms with Crippen LogP contribution in [0.1, 0.15) is 34.7 Å². The Kier molecular flexibility index (Phi) is 3.98. The molecular weight excluding hydrogens is 360 g/mol. The first-order valence-corrected chi connectivity index (χ1v) is 10.7. The van der Waals surface area contributed by atoms with Crippen molar-refractivity contribution >= 4 is 28.8 Å². The number of benzene rings is 2. The second-order valence-electron chi connectivity index (χ2n) is 6.41. The van der Waals surface area contributed by atoms with Crippen molar-refractivity contribution in [3.63, 3.8) is 0 Å². The molecule has 2 aliphatic rings. The molecule has 26 heavy (non-hydrogen) atoms. The molecule has 0 spiro atoms. The van der Waals surface area contributed by atoms with Crippen molar-refractivity contribution in [3.05, 3.63) is 82.0 Å². The molecule has 0 N–H and O–H groups in total. The molecule has 0 bridgehead atoms. The highest BCUT2D eigenvalue weighted by atomic mass is 32.2. The number of thioether (sulfide) groups is 1. The summed E-state index contributed by atoms with van der Waals surface area (Å²) in [6, 6.07) is 21.4. The lowest BCUT2D eigenvalue weighted by Crippen LogP contribution is -2.33. The van der Waals surface area contributed by atoms with Crippen molar-refractivity contribution in [2.45, 2.75) is 23.6 Å². The van der Waals surface area contributed by atoms with Crippen LogP contribution in [-0.4, -0.2) is 17.0 Å². The number of para-hydroxylation sites is 1. The van der Waals surface area contributed by atoms with Crippen LogP contribution < -0.4 is 4.74 Å². The van der Waals surface area contributed by atoms with Crippen LogP contribution in [0, 0.1) is 0 Å². The summed E-state index contributed by atoms with van der Waals surface area (Å²) >= 11 is 3.50. The molecule has 0 amide bonds. The van der Waals surface area contributed by atoms with Crippen LogP contribution in [0.2, 0.25) is 0 Å². The predicted octanol–water partition coefficient (Wildman–Crippen LogP) is 5.71. The molecule has 5 heteroatoms. The van der Waals surface area contributed by atoms with Gasteiger partial charge < -0.3 is 4.74 Å². The minimum absolute atomic E-state index is 0.191. The summed E-state index contributed by atoms with van der Waals surface area (Å²) in [4.78, 5) is 2.50. The molecule has 0 radical (unpaired) electrons. The van der Waals surface area contributed by atoms with Crippen molar-refractivity contribution in [2.75, 3.05) is 6.26 Å². The topological polar surface area (TPSA) is 24.8 Å². The molecule has 2 unspecified atom stereocenters. The third kappa shape index (κ3) is 2.63. The van der Waals surface area contributed by atoms with E-state index in [2.05, 4.69) is 71.2 Å². The average molecular weight is 379 g/mol. The van der Waals surface area contributed by atoms with E-state index in [0.29, 0.717) is 0 Å². The zero-order valence-corrected chi connectivity index (χ0v) is 16.0. The summed E-state index contributed by atoms with van der Waals surface area (Å²) in [7, 11) is 0. The second-order valence-corrected chi connectivity index (χ2v) is 8.23. The van der Waals surface area contributed by atoms with Gasteiger partial charge in [0.2, 0.25) is 6.23 Å². The lowest BCUT2D eigenvalue weighted by atomic mass is 9.98. The van der Waals surface area contributed by atoms with Crippen molar-refractivity contribution < 1.29 is 4.74 Å². The van der Waals surface area contributed by atoms with Crippen LogP contribution in [-0.2, 0) is 0 Å². The Labute approximate surface area is 161 Å². The number of ether oxygens (including phenoxy) is 1. The molecule has 3 heterocycles. The highest BCUT2D eigenvalue weighted by molar-refractivity contribution is 7.98. The van der Waals surface area contributed by atoms with Gasteiger partial charge in [-0.1, -0.05) is 36.4 Å². The number of nitrogens with zero attached hydrogens (tertiary/aromatic N) is 2. The summed E-state index contributed by atoms with van der Waals surface area (Å²) in [5, 5.41) is 9.24. The number of rotatable bonds is 3. The zero-order valence-electron chi connectivity index (χ0n) is 14.3. The average Bonchev–Trinajstić information content (AvgIpc) is 3.37. The lowest BCUT2D eigenvalue weighted by Gasteiger charge is -2.38. The Bertz CT molecular complexity index is 950. The predicted molar refractivity (Wildman–Crippen MR) is 108 cm³/mol. The number of hydrogen-bond donors (Lipinski definition) is 0. The fourth-order valence-corrected chi connectivity index (χ4v) is 4.74. The van der Waals surface area contributed by atoms with Gasteiger partial charge >= 0.3 is 0 Å². The van der Waals surface area contributed by atoms with Crippen LogP contribution in [0.15, 0.2) is 76.0 Å². The Balaban J connectivity index is 1.58. The Morgan fingerprint density at radius 1 is 1.08 bits per heavy atom. The summed E-state index contributed by atoms with van der Waals surface area (Å²) in [5.74, 6) is 0.968. The Morgan fingerprint density at radius 2 is 1.92 bits per heavy atom. The molecule has 5 rings (SSSR count). The molecule has 2 atom stereocenters. The van der Waals surface area contributed by atoms with Gasteiger partial charge in [0.25, 0.3) is 0 Å². The maximum Gasteiger partial charge on any atom is 0.213 e. The molecule has 0 fully saturated rings. The van der Waals surface area contributed by atoms with Crippen LogP contribution in [0.5, 0.6) is 5.75 Å². The van der Waals surface area contributed by atoms with E-state index in [0.717, 1.165) is 23.4 Å². The second kappa shape index (κ2) is 6.49. The normalized spacial score (nSPS) is 21.0. The fraction of sp³-hybridized carbons (Fsp3) is 0.190. The van der Waals surface area contributed by atoms with E-state index in [1.807, 2.05) is 6.07 Å². The molecule has 3 aromatic rings. The monoisotopic (exact) mass is 378 g/mol. The highest BCUT2D eigenvalue weighted by Gasteiger charge is 2.40. The van der Waals surface area contributed by atoms with Gasteiger partial charge in [0, 0.05) is 22.4 Å². The maximum absolute atomic E-state index is 6.39. The van der Waals surface area contributed by atoms with Gasteiger partial charge in [-0.05, 0) is 35.9 Å². The maximum atomic E-state index is 6.39. The lowest BCUT2D eigenvalue weighted by molar-refractivity contribution is -0.0190. The van der Waals surface area contributed by atoms with E-state index in [9.17, 15) is 0 Å². The van der Waals surface area contributed by atoms with Gasteiger partial charge in [-0.2, -0.15) is 5.10 Å². The standard InChI is InChI=1S/C21H18N2OS2/c1-25-15-10-8-14(9-11-15)21-23-18(16-5-2-3-6-19(16)24-21)13-17(22-23)20-7-4-12-26-20/h2-12,18,21H,13H2,1H3. The molecule has 0 saturated carbocycles. The smallest absolute Gasteiger partial charge is 0.213 e. The fourth-order valence-electron chi connectivity index (χ4n) is 3.61. The van der Waals surface area contributed by atoms with Crippen LogP contribution in [0.4, 0.5) is 0 Å². The van der Waals surface area contributed by atoms with E-state index in [4.69, 9.17) is 9.84 Å². The molecule has 2 aliphatic heterocycles. The van der Waals surface area contributed by atoms with Crippen molar-refractivity contribution in [1.29, 1.82) is 0 Å². The molecule has 2 aromatic carbocycles. The number of hydrazone groups is 1. The van der Waals surface area contributed by atoms with Gasteiger partial charge in [0.05, 0.1) is 16.6 Å². The molecular formula is C21H18N2OS2. The number of fused-ring (bicyclic) bond motifs is 3. The highest BCUT2D eigenvalue weighted by Crippen LogP contribution is 2.47. The summed E-state index contributed by atoms with van der Waals surface area (Å²) in [5.41, 5.74) is 3.51.